The Morgan fingerprint density at radius 3 is 2.22 bits per heavy atom. The van der Waals surface area contributed by atoms with Crippen molar-refractivity contribution >= 4 is 56.3 Å². The monoisotopic (exact) mass is 466 g/mol. The molecule has 0 spiro atoms. The standard InChI is InChI=1S/C30H19BN2O3/c34-31(32-35)25-10-6-12-29-30(25)24-18-20(14-16-28(24)36-29)19-13-15-27-23(17-19)22-9-4-5-11-26(22)33(27)21-7-2-1-3-8-21/h1-18,34H. The molecule has 36 heavy (non-hydrogen) atoms. The van der Waals surface area contributed by atoms with Crippen molar-refractivity contribution in [3.63, 3.8) is 0 Å². The lowest BCUT2D eigenvalue weighted by molar-refractivity contribution is 0.588. The van der Waals surface area contributed by atoms with Crippen molar-refractivity contribution in [3.05, 3.63) is 114 Å². The maximum absolute atomic E-state index is 11.1. The summed E-state index contributed by atoms with van der Waals surface area (Å²) in [5.74, 6) is 0. The third-order valence-corrected chi connectivity index (χ3v) is 6.93. The van der Waals surface area contributed by atoms with Crippen LogP contribution in [0.15, 0.2) is 119 Å². The number of hydrogen-bond acceptors (Lipinski definition) is 4. The second-order valence-electron chi connectivity index (χ2n) is 8.93. The highest BCUT2D eigenvalue weighted by Crippen LogP contribution is 2.36. The molecule has 0 unspecified atom stereocenters. The van der Waals surface area contributed by atoms with E-state index in [-0.39, 0.29) is 0 Å². The summed E-state index contributed by atoms with van der Waals surface area (Å²) in [6, 6.07) is 36.7. The lowest BCUT2D eigenvalue weighted by Crippen LogP contribution is -2.28. The van der Waals surface area contributed by atoms with Crippen LogP contribution in [0.2, 0.25) is 0 Å². The Hall–Kier alpha value is -4.68. The van der Waals surface area contributed by atoms with E-state index < -0.39 is 7.05 Å². The number of hydrogen-bond donors (Lipinski definition) is 1. The molecular formula is C30H19BN2O3. The zero-order valence-corrected chi connectivity index (χ0v) is 19.1. The van der Waals surface area contributed by atoms with Gasteiger partial charge in [-0.1, -0.05) is 65.8 Å². The van der Waals surface area contributed by atoms with E-state index in [0.29, 0.717) is 22.0 Å². The van der Waals surface area contributed by atoms with E-state index in [1.165, 1.54) is 10.8 Å². The predicted molar refractivity (Wildman–Crippen MR) is 147 cm³/mol. The Morgan fingerprint density at radius 2 is 1.39 bits per heavy atom. The number of aromatic nitrogens is 1. The van der Waals surface area contributed by atoms with E-state index in [4.69, 9.17) is 4.42 Å². The van der Waals surface area contributed by atoms with Crippen molar-refractivity contribution in [1.29, 1.82) is 0 Å². The molecule has 1 N–H and O–H groups in total. The molecule has 0 aliphatic carbocycles. The minimum Gasteiger partial charge on any atom is -0.456 e. The molecule has 5 nitrogen and oxygen atoms in total. The summed E-state index contributed by atoms with van der Waals surface area (Å²) in [6.07, 6.45) is 0. The lowest BCUT2D eigenvalue weighted by atomic mass is 9.73. The number of nitroso groups, excluding NO2 is 1. The Morgan fingerprint density at radius 1 is 0.667 bits per heavy atom. The van der Waals surface area contributed by atoms with Gasteiger partial charge in [0.1, 0.15) is 11.2 Å². The molecule has 0 aliphatic rings. The largest absolute Gasteiger partial charge is 0.518 e. The fraction of sp³-hybridized carbons (Fsp3) is 0. The van der Waals surface area contributed by atoms with Crippen molar-refractivity contribution in [2.45, 2.75) is 0 Å². The van der Waals surface area contributed by atoms with E-state index in [0.717, 1.165) is 33.2 Å². The fourth-order valence-electron chi connectivity index (χ4n) is 5.31. The van der Waals surface area contributed by atoms with Gasteiger partial charge < -0.3 is 14.0 Å². The van der Waals surface area contributed by atoms with Crippen molar-refractivity contribution < 1.29 is 9.44 Å². The average molecular weight is 466 g/mol. The molecule has 5 aromatic carbocycles. The van der Waals surface area contributed by atoms with Gasteiger partial charge in [-0.05, 0) is 65.1 Å². The molecule has 7 aromatic rings. The van der Waals surface area contributed by atoms with Crippen LogP contribution in [0, 0.1) is 4.91 Å². The molecule has 0 bridgehead atoms. The van der Waals surface area contributed by atoms with Crippen LogP contribution in [-0.4, -0.2) is 16.6 Å². The predicted octanol–water partition coefficient (Wildman–Crippen LogP) is 6.80. The van der Waals surface area contributed by atoms with E-state index in [9.17, 15) is 9.93 Å². The Bertz CT molecular complexity index is 1940. The minimum atomic E-state index is -1.45. The maximum Gasteiger partial charge on any atom is 0.518 e. The Labute approximate surface area is 206 Å². The Balaban J connectivity index is 1.47. The number of rotatable bonds is 4. The quantitative estimate of drug-likeness (QED) is 0.229. The first-order chi connectivity index (χ1) is 17.7. The molecule has 170 valence electrons. The van der Waals surface area contributed by atoms with E-state index >= 15 is 0 Å². The van der Waals surface area contributed by atoms with Gasteiger partial charge in [0.15, 0.2) is 0 Å². The van der Waals surface area contributed by atoms with Crippen LogP contribution in [-0.2, 0) is 0 Å². The van der Waals surface area contributed by atoms with Gasteiger partial charge in [-0.15, -0.1) is 0 Å². The molecule has 0 amide bonds. The summed E-state index contributed by atoms with van der Waals surface area (Å²) >= 11 is 0. The highest BCUT2D eigenvalue weighted by atomic mass is 16.3. The SMILES string of the molecule is O=NB(O)c1cccc2oc3ccc(-c4ccc5c(c4)c4ccccc4n5-c4ccccc4)cc3c12. The van der Waals surface area contributed by atoms with Gasteiger partial charge in [0.05, 0.1) is 11.0 Å². The molecular weight excluding hydrogens is 447 g/mol. The van der Waals surface area contributed by atoms with Crippen molar-refractivity contribution in [2.24, 2.45) is 5.09 Å². The Kier molecular flexibility index (Phi) is 4.56. The average Bonchev–Trinajstić information content (AvgIpc) is 3.48. The zero-order valence-electron chi connectivity index (χ0n) is 19.1. The number of furan rings is 1. The minimum absolute atomic E-state index is 0.444. The summed E-state index contributed by atoms with van der Waals surface area (Å²) in [5.41, 5.74) is 7.27. The van der Waals surface area contributed by atoms with E-state index in [2.05, 4.69) is 82.5 Å². The molecule has 2 aromatic heterocycles. The number of fused-ring (bicyclic) bond motifs is 6. The fourth-order valence-corrected chi connectivity index (χ4v) is 5.31. The zero-order chi connectivity index (χ0) is 24.2. The molecule has 0 radical (unpaired) electrons. The molecule has 0 saturated carbocycles. The molecule has 0 aliphatic heterocycles. The molecule has 2 heterocycles. The van der Waals surface area contributed by atoms with Gasteiger partial charge in [-0.2, -0.15) is 4.91 Å². The molecule has 0 saturated heterocycles. The van der Waals surface area contributed by atoms with Gasteiger partial charge in [-0.3, -0.25) is 0 Å². The first kappa shape index (κ1) is 20.7. The smallest absolute Gasteiger partial charge is 0.456 e. The number of para-hydroxylation sites is 2. The van der Waals surface area contributed by atoms with Crippen molar-refractivity contribution in [1.82, 2.24) is 4.57 Å². The van der Waals surface area contributed by atoms with Crippen LogP contribution in [0.4, 0.5) is 0 Å². The van der Waals surface area contributed by atoms with Crippen LogP contribution in [0.1, 0.15) is 0 Å². The van der Waals surface area contributed by atoms with Gasteiger partial charge >= 0.3 is 7.05 Å². The molecule has 0 atom stereocenters. The first-order valence-electron chi connectivity index (χ1n) is 11.8. The topological polar surface area (TPSA) is 67.7 Å². The van der Waals surface area contributed by atoms with Crippen LogP contribution >= 0.6 is 0 Å². The van der Waals surface area contributed by atoms with Gasteiger partial charge in [-0.25, -0.2) is 0 Å². The second-order valence-corrected chi connectivity index (χ2v) is 8.93. The van der Waals surface area contributed by atoms with E-state index in [1.807, 2.05) is 24.3 Å². The summed E-state index contributed by atoms with van der Waals surface area (Å²) in [6.45, 7) is 0. The second kappa shape index (κ2) is 7.94. The maximum atomic E-state index is 11.1. The number of nitrogens with zero attached hydrogens (tertiary/aromatic N) is 2. The summed E-state index contributed by atoms with van der Waals surface area (Å²) < 4.78 is 8.29. The van der Waals surface area contributed by atoms with Crippen molar-refractivity contribution in [3.8, 4) is 16.8 Å². The third-order valence-electron chi connectivity index (χ3n) is 6.93. The lowest BCUT2D eigenvalue weighted by Gasteiger charge is -2.08. The van der Waals surface area contributed by atoms with Gasteiger partial charge in [0.2, 0.25) is 0 Å². The summed E-state index contributed by atoms with van der Waals surface area (Å²) in [4.78, 5) is 11.1. The van der Waals surface area contributed by atoms with Crippen LogP contribution in [0.5, 0.6) is 0 Å². The van der Waals surface area contributed by atoms with Crippen LogP contribution in [0.25, 0.3) is 60.6 Å². The van der Waals surface area contributed by atoms with Crippen molar-refractivity contribution in [2.75, 3.05) is 0 Å². The molecule has 6 heteroatoms. The third kappa shape index (κ3) is 3.02. The number of benzene rings is 5. The summed E-state index contributed by atoms with van der Waals surface area (Å²) in [5, 5.41) is 16.9. The normalized spacial score (nSPS) is 11.6. The summed E-state index contributed by atoms with van der Waals surface area (Å²) in [7, 11) is -1.45. The highest BCUT2D eigenvalue weighted by Gasteiger charge is 2.22. The molecule has 7 rings (SSSR count). The van der Waals surface area contributed by atoms with Crippen LogP contribution < -0.4 is 5.46 Å². The van der Waals surface area contributed by atoms with Gasteiger partial charge in [0, 0.05) is 27.2 Å². The molecule has 0 fully saturated rings. The van der Waals surface area contributed by atoms with E-state index in [1.54, 1.807) is 12.1 Å². The highest BCUT2D eigenvalue weighted by molar-refractivity contribution is 6.67. The van der Waals surface area contributed by atoms with Gasteiger partial charge in [0.25, 0.3) is 0 Å². The first-order valence-corrected chi connectivity index (χ1v) is 11.8. The van der Waals surface area contributed by atoms with Crippen LogP contribution in [0.3, 0.4) is 0 Å².